The van der Waals surface area contributed by atoms with Crippen LogP contribution < -0.4 is 5.32 Å². The van der Waals surface area contributed by atoms with E-state index in [0.717, 1.165) is 13.0 Å². The third-order valence-corrected chi connectivity index (χ3v) is 4.93. The Morgan fingerprint density at radius 1 is 1.25 bits per heavy atom. The molecule has 8 heteroatoms. The van der Waals surface area contributed by atoms with Crippen LogP contribution in [0, 0.1) is 17.2 Å². The molecule has 1 aromatic carbocycles. The van der Waals surface area contributed by atoms with E-state index in [1.807, 2.05) is 26.8 Å². The average Bonchev–Trinajstić information content (AvgIpc) is 2.91. The Labute approximate surface area is 171 Å². The van der Waals surface area contributed by atoms with E-state index in [0.29, 0.717) is 48.4 Å². The lowest BCUT2D eigenvalue weighted by molar-refractivity contribution is -0.120. The Morgan fingerprint density at radius 3 is 2.64 bits per heavy atom. The average molecular weight is 407 g/mol. The third kappa shape index (κ3) is 6.11. The van der Waals surface area contributed by atoms with Gasteiger partial charge in [-0.3, -0.25) is 9.69 Å². The Balaban J connectivity index is 1.90. The van der Waals surface area contributed by atoms with Crippen LogP contribution in [0.15, 0.2) is 18.2 Å². The molecule has 1 aliphatic heterocycles. The fourth-order valence-electron chi connectivity index (χ4n) is 2.93. The fraction of sp³-hybridized carbons (Fsp3) is 0.550. The van der Waals surface area contributed by atoms with E-state index >= 15 is 0 Å². The van der Waals surface area contributed by atoms with E-state index in [9.17, 15) is 9.59 Å². The van der Waals surface area contributed by atoms with Crippen LogP contribution in [0.5, 0.6) is 0 Å². The predicted molar refractivity (Wildman–Crippen MR) is 108 cm³/mol. The molecule has 1 aromatic rings. The topological polar surface area (TPSA) is 85.7 Å². The van der Waals surface area contributed by atoms with Gasteiger partial charge >= 0.3 is 6.09 Å². The molecule has 2 amide bonds. The number of carbonyl (C=O) groups excluding carboxylic acids is 2. The number of nitriles is 1. The molecule has 0 aromatic heterocycles. The minimum atomic E-state index is -0.360. The molecule has 1 unspecified atom stereocenters. The summed E-state index contributed by atoms with van der Waals surface area (Å²) in [5, 5.41) is 12.1. The molecule has 1 fully saturated rings. The highest BCUT2D eigenvalue weighted by Gasteiger charge is 2.26. The van der Waals surface area contributed by atoms with Crippen molar-refractivity contribution in [2.24, 2.45) is 5.92 Å². The van der Waals surface area contributed by atoms with Crippen LogP contribution in [-0.4, -0.2) is 60.6 Å². The number of amides is 2. The van der Waals surface area contributed by atoms with Crippen LogP contribution >= 0.6 is 11.6 Å². The van der Waals surface area contributed by atoms with Gasteiger partial charge in [0, 0.05) is 31.9 Å². The molecule has 28 heavy (non-hydrogen) atoms. The lowest BCUT2D eigenvalue weighted by Gasteiger charge is -2.27. The smallest absolute Gasteiger partial charge is 0.409 e. The van der Waals surface area contributed by atoms with Gasteiger partial charge in [0.1, 0.15) is 6.07 Å². The van der Waals surface area contributed by atoms with Crippen LogP contribution in [0.2, 0.25) is 5.02 Å². The number of hydrogen-bond donors (Lipinski definition) is 1. The van der Waals surface area contributed by atoms with Crippen molar-refractivity contribution in [2.45, 2.75) is 33.2 Å². The fourth-order valence-corrected chi connectivity index (χ4v) is 3.16. The molecule has 1 aliphatic rings. The SMILES string of the molecule is CC(C)COC(=O)N1CCCN(C(C)C(=O)Nc2ccc(C#N)c(Cl)c2)CC1. The predicted octanol–water partition coefficient (Wildman–Crippen LogP) is 3.34. The number of nitrogens with zero attached hydrogens (tertiary/aromatic N) is 3. The highest BCUT2D eigenvalue weighted by Crippen LogP contribution is 2.20. The van der Waals surface area contributed by atoms with Gasteiger partial charge in [0.2, 0.25) is 5.91 Å². The molecule has 0 spiro atoms. The van der Waals surface area contributed by atoms with Crippen LogP contribution in [0.4, 0.5) is 10.5 Å². The molecule has 2 rings (SSSR count). The molecular weight excluding hydrogens is 380 g/mol. The van der Waals surface area contributed by atoms with Gasteiger partial charge in [0.25, 0.3) is 0 Å². The zero-order valence-electron chi connectivity index (χ0n) is 16.6. The monoisotopic (exact) mass is 406 g/mol. The second-order valence-electron chi connectivity index (χ2n) is 7.32. The molecule has 1 heterocycles. The van der Waals surface area contributed by atoms with E-state index in [-0.39, 0.29) is 18.0 Å². The molecule has 1 saturated heterocycles. The van der Waals surface area contributed by atoms with Crippen molar-refractivity contribution in [2.75, 3.05) is 38.1 Å². The van der Waals surface area contributed by atoms with Crippen LogP contribution in [0.3, 0.4) is 0 Å². The third-order valence-electron chi connectivity index (χ3n) is 4.61. The number of benzene rings is 1. The van der Waals surface area contributed by atoms with Crippen molar-refractivity contribution in [3.63, 3.8) is 0 Å². The first kappa shape index (κ1) is 22.0. The van der Waals surface area contributed by atoms with Crippen molar-refractivity contribution in [3.05, 3.63) is 28.8 Å². The Kier molecular flexibility index (Phi) is 8.09. The van der Waals surface area contributed by atoms with Crippen LogP contribution in [0.1, 0.15) is 32.8 Å². The molecule has 1 atom stereocenters. The number of anilines is 1. The zero-order chi connectivity index (χ0) is 20.7. The summed E-state index contributed by atoms with van der Waals surface area (Å²) in [6.45, 7) is 8.70. The number of nitrogens with one attached hydrogen (secondary N) is 1. The van der Waals surface area contributed by atoms with Gasteiger partial charge in [0.15, 0.2) is 0 Å². The summed E-state index contributed by atoms with van der Waals surface area (Å²) in [7, 11) is 0. The summed E-state index contributed by atoms with van der Waals surface area (Å²) in [6, 6.07) is 6.43. The molecule has 152 valence electrons. The minimum absolute atomic E-state index is 0.156. The van der Waals surface area contributed by atoms with Crippen molar-refractivity contribution in [3.8, 4) is 6.07 Å². The molecule has 0 radical (unpaired) electrons. The van der Waals surface area contributed by atoms with E-state index in [4.69, 9.17) is 21.6 Å². The lowest BCUT2D eigenvalue weighted by Crippen LogP contribution is -2.44. The van der Waals surface area contributed by atoms with Crippen molar-refractivity contribution < 1.29 is 14.3 Å². The Hall–Kier alpha value is -2.30. The first-order valence-corrected chi connectivity index (χ1v) is 9.86. The summed E-state index contributed by atoms with van der Waals surface area (Å²) in [6.07, 6.45) is 0.483. The van der Waals surface area contributed by atoms with Gasteiger partial charge in [-0.05, 0) is 37.5 Å². The summed E-state index contributed by atoms with van der Waals surface area (Å²) >= 11 is 6.02. The van der Waals surface area contributed by atoms with Crippen molar-refractivity contribution >= 4 is 29.3 Å². The van der Waals surface area contributed by atoms with Crippen LogP contribution in [0.25, 0.3) is 0 Å². The first-order valence-electron chi connectivity index (χ1n) is 9.48. The molecular formula is C20H27ClN4O3. The van der Waals surface area contributed by atoms with Gasteiger partial charge < -0.3 is 15.0 Å². The summed E-state index contributed by atoms with van der Waals surface area (Å²) in [4.78, 5) is 28.5. The number of halogens is 1. The molecule has 0 saturated carbocycles. The van der Waals surface area contributed by atoms with Gasteiger partial charge in [-0.1, -0.05) is 25.4 Å². The quantitative estimate of drug-likeness (QED) is 0.810. The molecule has 7 nitrogen and oxygen atoms in total. The van der Waals surface area contributed by atoms with E-state index in [1.165, 1.54) is 0 Å². The second-order valence-corrected chi connectivity index (χ2v) is 7.73. The van der Waals surface area contributed by atoms with E-state index in [1.54, 1.807) is 23.1 Å². The number of hydrogen-bond acceptors (Lipinski definition) is 5. The van der Waals surface area contributed by atoms with Crippen molar-refractivity contribution in [1.82, 2.24) is 9.80 Å². The largest absolute Gasteiger partial charge is 0.449 e. The maximum atomic E-state index is 12.6. The Bertz CT molecular complexity index is 747. The van der Waals surface area contributed by atoms with Gasteiger partial charge in [-0.15, -0.1) is 0 Å². The lowest BCUT2D eigenvalue weighted by atomic mass is 10.2. The second kappa shape index (κ2) is 10.3. The zero-order valence-corrected chi connectivity index (χ0v) is 17.3. The first-order chi connectivity index (χ1) is 13.3. The maximum Gasteiger partial charge on any atom is 0.409 e. The highest BCUT2D eigenvalue weighted by atomic mass is 35.5. The van der Waals surface area contributed by atoms with E-state index < -0.39 is 0 Å². The van der Waals surface area contributed by atoms with Gasteiger partial charge in [-0.25, -0.2) is 4.79 Å². The maximum absolute atomic E-state index is 12.6. The summed E-state index contributed by atoms with van der Waals surface area (Å²) in [5.41, 5.74) is 0.916. The molecule has 0 bridgehead atoms. The minimum Gasteiger partial charge on any atom is -0.449 e. The highest BCUT2D eigenvalue weighted by molar-refractivity contribution is 6.32. The molecule has 0 aliphatic carbocycles. The van der Waals surface area contributed by atoms with Crippen molar-refractivity contribution in [1.29, 1.82) is 5.26 Å². The summed E-state index contributed by atoms with van der Waals surface area (Å²) in [5.74, 6) is 0.142. The normalized spacial score (nSPS) is 16.2. The Morgan fingerprint density at radius 2 is 2.00 bits per heavy atom. The summed E-state index contributed by atoms with van der Waals surface area (Å²) < 4.78 is 5.30. The standard InChI is InChI=1S/C20H27ClN4O3/c1-14(2)13-28-20(27)25-8-4-7-24(9-10-25)15(3)19(26)23-17-6-5-16(12-22)18(21)11-17/h5-6,11,14-15H,4,7-10,13H2,1-3H3,(H,23,26). The van der Waals surface area contributed by atoms with Gasteiger partial charge in [0.05, 0.1) is 23.2 Å². The number of carbonyl (C=O) groups is 2. The molecule has 1 N–H and O–H groups in total. The van der Waals surface area contributed by atoms with Crippen LogP contribution in [-0.2, 0) is 9.53 Å². The van der Waals surface area contributed by atoms with E-state index in [2.05, 4.69) is 10.2 Å². The van der Waals surface area contributed by atoms with Gasteiger partial charge in [-0.2, -0.15) is 5.26 Å². The number of rotatable bonds is 5. The number of ether oxygens (including phenoxy) is 1.